The first-order valence-corrected chi connectivity index (χ1v) is 10.2. The van der Waals surface area contributed by atoms with Crippen molar-refractivity contribution >= 4 is 0 Å². The van der Waals surface area contributed by atoms with Crippen molar-refractivity contribution in [3.8, 4) is 5.75 Å². The fourth-order valence-electron chi connectivity index (χ4n) is 4.67. The number of nitrogens with one attached hydrogen (secondary N) is 1. The molecule has 0 aromatic heterocycles. The Morgan fingerprint density at radius 2 is 2.00 bits per heavy atom. The Morgan fingerprint density at radius 1 is 1.14 bits per heavy atom. The van der Waals surface area contributed by atoms with E-state index < -0.39 is 0 Å². The molecular weight excluding hydrogens is 355 g/mol. The lowest BCUT2D eigenvalue weighted by molar-refractivity contribution is 0.120. The summed E-state index contributed by atoms with van der Waals surface area (Å²) < 4.78 is 24.2. The Bertz CT molecular complexity index is 767. The molecule has 1 N–H and O–H groups in total. The summed E-state index contributed by atoms with van der Waals surface area (Å²) in [6, 6.07) is 16.4. The smallest absolute Gasteiger partial charge is 0.123 e. The minimum atomic E-state index is -0.169. The van der Waals surface area contributed by atoms with Crippen LogP contribution in [-0.2, 0) is 11.3 Å². The van der Waals surface area contributed by atoms with Gasteiger partial charge in [-0.1, -0.05) is 24.3 Å². The van der Waals surface area contributed by atoms with Crippen molar-refractivity contribution in [2.45, 2.75) is 37.4 Å². The van der Waals surface area contributed by atoms with Crippen LogP contribution in [0.4, 0.5) is 4.39 Å². The molecule has 2 heterocycles. The van der Waals surface area contributed by atoms with E-state index in [0.29, 0.717) is 31.2 Å². The minimum absolute atomic E-state index is 0.169. The van der Waals surface area contributed by atoms with Crippen LogP contribution in [-0.4, -0.2) is 50.4 Å². The fourth-order valence-corrected chi connectivity index (χ4v) is 4.67. The Labute approximate surface area is 166 Å². The Balaban J connectivity index is 1.49. The van der Waals surface area contributed by atoms with Gasteiger partial charge in [0.15, 0.2) is 0 Å². The molecule has 0 amide bonds. The topological polar surface area (TPSA) is 33.7 Å². The lowest BCUT2D eigenvalue weighted by atomic mass is 9.86. The molecule has 2 aliphatic rings. The molecule has 150 valence electrons. The molecule has 2 aromatic rings. The number of methoxy groups -OCH3 is 1. The van der Waals surface area contributed by atoms with Gasteiger partial charge in [-0.3, -0.25) is 4.90 Å². The van der Waals surface area contributed by atoms with Gasteiger partial charge in [0.25, 0.3) is 0 Å². The van der Waals surface area contributed by atoms with E-state index in [1.165, 1.54) is 24.0 Å². The van der Waals surface area contributed by atoms with Crippen molar-refractivity contribution in [3.63, 3.8) is 0 Å². The van der Waals surface area contributed by atoms with Crippen molar-refractivity contribution in [1.29, 1.82) is 0 Å². The maximum Gasteiger partial charge on any atom is 0.123 e. The number of ether oxygens (including phenoxy) is 2. The first kappa shape index (κ1) is 19.4. The largest absolute Gasteiger partial charge is 0.491 e. The van der Waals surface area contributed by atoms with Gasteiger partial charge in [-0.25, -0.2) is 4.39 Å². The molecule has 0 radical (unpaired) electrons. The molecule has 5 heteroatoms. The summed E-state index contributed by atoms with van der Waals surface area (Å²) in [5.74, 6) is 1.12. The van der Waals surface area contributed by atoms with E-state index in [1.54, 1.807) is 19.2 Å². The summed E-state index contributed by atoms with van der Waals surface area (Å²) in [7, 11) is 1.68. The van der Waals surface area contributed by atoms with Crippen molar-refractivity contribution in [2.75, 3.05) is 33.4 Å². The van der Waals surface area contributed by atoms with E-state index >= 15 is 0 Å². The van der Waals surface area contributed by atoms with Gasteiger partial charge in [-0.2, -0.15) is 0 Å². The van der Waals surface area contributed by atoms with Gasteiger partial charge in [0, 0.05) is 38.2 Å². The highest BCUT2D eigenvalue weighted by Gasteiger charge is 2.42. The first-order chi connectivity index (χ1) is 13.7. The van der Waals surface area contributed by atoms with Crippen LogP contribution in [0.1, 0.15) is 29.9 Å². The van der Waals surface area contributed by atoms with E-state index in [-0.39, 0.29) is 5.82 Å². The van der Waals surface area contributed by atoms with Gasteiger partial charge in [0.2, 0.25) is 0 Å². The molecule has 0 bridgehead atoms. The summed E-state index contributed by atoms with van der Waals surface area (Å²) in [6.45, 7) is 4.10. The average Bonchev–Trinajstić information content (AvgIpc) is 3.14. The molecule has 4 rings (SSSR count). The number of fused-ring (bicyclic) bond motifs is 1. The molecule has 2 aromatic carbocycles. The zero-order chi connectivity index (χ0) is 19.3. The molecule has 0 saturated carbocycles. The number of piperidine rings is 1. The summed E-state index contributed by atoms with van der Waals surface area (Å²) in [5, 5.41) is 3.71. The van der Waals surface area contributed by atoms with Gasteiger partial charge in [-0.15, -0.1) is 0 Å². The highest BCUT2D eigenvalue weighted by atomic mass is 19.1. The molecule has 0 spiro atoms. The molecule has 2 aliphatic heterocycles. The highest BCUT2D eigenvalue weighted by molar-refractivity contribution is 5.30. The van der Waals surface area contributed by atoms with Gasteiger partial charge in [0.1, 0.15) is 18.2 Å². The van der Waals surface area contributed by atoms with E-state index in [0.717, 1.165) is 25.4 Å². The third-order valence-corrected chi connectivity index (χ3v) is 5.95. The third-order valence-electron chi connectivity index (χ3n) is 5.95. The number of nitrogens with zero attached hydrogens (tertiary/aromatic N) is 1. The normalized spacial score (nSPS) is 24.9. The Kier molecular flexibility index (Phi) is 6.25. The van der Waals surface area contributed by atoms with E-state index in [9.17, 15) is 4.39 Å². The van der Waals surface area contributed by atoms with Crippen LogP contribution in [0.2, 0.25) is 0 Å². The maximum atomic E-state index is 13.4. The molecule has 4 nitrogen and oxygen atoms in total. The number of hydrogen-bond donors (Lipinski definition) is 1. The molecule has 3 atom stereocenters. The highest BCUT2D eigenvalue weighted by Crippen LogP contribution is 2.36. The predicted octanol–water partition coefficient (Wildman–Crippen LogP) is 3.57. The van der Waals surface area contributed by atoms with Gasteiger partial charge < -0.3 is 14.8 Å². The monoisotopic (exact) mass is 384 g/mol. The van der Waals surface area contributed by atoms with Gasteiger partial charge in [-0.05, 0) is 54.8 Å². The third kappa shape index (κ3) is 4.37. The second-order valence-corrected chi connectivity index (χ2v) is 7.76. The Morgan fingerprint density at radius 3 is 2.82 bits per heavy atom. The zero-order valence-corrected chi connectivity index (χ0v) is 16.4. The molecular formula is C23H29FN2O2. The second kappa shape index (κ2) is 9.03. The minimum Gasteiger partial charge on any atom is -0.491 e. The Hall–Kier alpha value is -1.95. The molecule has 0 unspecified atom stereocenters. The van der Waals surface area contributed by atoms with Crippen LogP contribution in [0, 0.1) is 5.82 Å². The van der Waals surface area contributed by atoms with Crippen LogP contribution < -0.4 is 10.1 Å². The van der Waals surface area contributed by atoms with Crippen LogP contribution >= 0.6 is 0 Å². The van der Waals surface area contributed by atoms with Crippen molar-refractivity contribution in [2.24, 2.45) is 0 Å². The first-order valence-electron chi connectivity index (χ1n) is 10.2. The van der Waals surface area contributed by atoms with Gasteiger partial charge >= 0.3 is 0 Å². The summed E-state index contributed by atoms with van der Waals surface area (Å²) in [4.78, 5) is 2.59. The predicted molar refractivity (Wildman–Crippen MR) is 108 cm³/mol. The number of hydrogen-bond acceptors (Lipinski definition) is 4. The number of halogens is 1. The second-order valence-electron chi connectivity index (χ2n) is 7.76. The van der Waals surface area contributed by atoms with E-state index in [4.69, 9.17) is 9.47 Å². The van der Waals surface area contributed by atoms with Crippen molar-refractivity contribution < 1.29 is 13.9 Å². The van der Waals surface area contributed by atoms with Crippen molar-refractivity contribution in [1.82, 2.24) is 10.2 Å². The van der Waals surface area contributed by atoms with E-state index in [1.807, 2.05) is 18.2 Å². The zero-order valence-electron chi connectivity index (χ0n) is 16.4. The number of rotatable bonds is 7. The lowest BCUT2D eigenvalue weighted by Crippen LogP contribution is -2.49. The quantitative estimate of drug-likeness (QED) is 0.740. The summed E-state index contributed by atoms with van der Waals surface area (Å²) >= 11 is 0. The van der Waals surface area contributed by atoms with Crippen LogP contribution in [0.15, 0.2) is 48.5 Å². The molecule has 28 heavy (non-hydrogen) atoms. The number of likely N-dealkylation sites (tertiary alicyclic amines) is 1. The van der Waals surface area contributed by atoms with Crippen molar-refractivity contribution in [3.05, 3.63) is 65.5 Å². The van der Waals surface area contributed by atoms with E-state index in [2.05, 4.69) is 28.4 Å². The lowest BCUT2D eigenvalue weighted by Gasteiger charge is -2.40. The summed E-state index contributed by atoms with van der Waals surface area (Å²) in [6.07, 6.45) is 2.41. The maximum absolute atomic E-state index is 13.4. The van der Waals surface area contributed by atoms with Crippen LogP contribution in [0.25, 0.3) is 0 Å². The fraction of sp³-hybridized carbons (Fsp3) is 0.478. The van der Waals surface area contributed by atoms with Crippen LogP contribution in [0.5, 0.6) is 5.75 Å². The standard InChI is InChI=1S/C23H29FN2O2/c1-27-12-13-28-20-5-2-4-17(14-20)16-26-11-3-6-22-23(26)21(15-25-22)18-7-9-19(24)10-8-18/h2,4-5,7-10,14,21-23,25H,3,6,11-13,15-16H2,1H3/t21-,22-,23-/m1/s1. The van der Waals surface area contributed by atoms with Gasteiger partial charge in [0.05, 0.1) is 6.61 Å². The molecule has 2 saturated heterocycles. The van der Waals surface area contributed by atoms with Crippen LogP contribution in [0.3, 0.4) is 0 Å². The molecule has 0 aliphatic carbocycles. The average molecular weight is 384 g/mol. The summed E-state index contributed by atoms with van der Waals surface area (Å²) in [5.41, 5.74) is 2.49. The number of benzene rings is 2. The molecule has 2 fully saturated rings. The SMILES string of the molecule is COCCOc1cccc(CN2CCC[C@H]3NC[C@H](c4ccc(F)cc4)[C@H]32)c1.